The van der Waals surface area contributed by atoms with Crippen LogP contribution in [0, 0.1) is 16.0 Å². The van der Waals surface area contributed by atoms with Gasteiger partial charge >= 0.3 is 6.23 Å². The van der Waals surface area contributed by atoms with E-state index >= 15 is 0 Å². The van der Waals surface area contributed by atoms with Gasteiger partial charge in [-0.15, -0.1) is 0 Å². The van der Waals surface area contributed by atoms with E-state index in [9.17, 15) is 10.1 Å². The van der Waals surface area contributed by atoms with Gasteiger partial charge in [0.15, 0.2) is 0 Å². The lowest BCUT2D eigenvalue weighted by Crippen LogP contribution is -2.15. The fourth-order valence-electron chi connectivity index (χ4n) is 1.50. The summed E-state index contributed by atoms with van der Waals surface area (Å²) in [4.78, 5) is 10.0. The van der Waals surface area contributed by atoms with E-state index in [0.29, 0.717) is 5.76 Å². The number of hydrogen-bond donors (Lipinski definition) is 0. The van der Waals surface area contributed by atoms with Gasteiger partial charge in [-0.05, 0) is 6.08 Å². The van der Waals surface area contributed by atoms with Gasteiger partial charge in [-0.25, -0.2) is 0 Å². The first-order valence-corrected chi connectivity index (χ1v) is 4.09. The average Bonchev–Trinajstić information content (AvgIpc) is 2.49. The van der Waals surface area contributed by atoms with Crippen LogP contribution in [0.1, 0.15) is 6.92 Å². The van der Waals surface area contributed by atoms with E-state index in [1.54, 1.807) is 12.2 Å². The number of rotatable bonds is 1. The van der Waals surface area contributed by atoms with E-state index in [2.05, 4.69) is 0 Å². The molecule has 1 aliphatic heterocycles. The third-order valence-corrected chi connectivity index (χ3v) is 2.20. The molecule has 68 valence electrons. The Bertz CT molecular complexity index is 341. The van der Waals surface area contributed by atoms with E-state index < -0.39 is 11.2 Å². The fraction of sp³-hybridized carbons (Fsp3) is 0.333. The molecule has 0 aromatic carbocycles. The molecule has 4 nitrogen and oxygen atoms in total. The van der Waals surface area contributed by atoms with Crippen LogP contribution in [0.4, 0.5) is 0 Å². The van der Waals surface area contributed by atoms with Crippen LogP contribution >= 0.6 is 0 Å². The van der Waals surface area contributed by atoms with Gasteiger partial charge in [-0.1, -0.05) is 19.1 Å². The summed E-state index contributed by atoms with van der Waals surface area (Å²) < 4.78 is 5.12. The molecule has 0 saturated heterocycles. The minimum atomic E-state index is -0.997. The number of nitrogens with zero attached hydrogens (tertiary/aromatic N) is 1. The third-order valence-electron chi connectivity index (χ3n) is 2.20. The summed E-state index contributed by atoms with van der Waals surface area (Å²) in [6.45, 7) is 1.99. The van der Waals surface area contributed by atoms with Crippen LogP contribution in [0.15, 0.2) is 35.6 Å². The minimum absolute atomic E-state index is 0.213. The average molecular weight is 179 g/mol. The maximum atomic E-state index is 10.4. The highest BCUT2D eigenvalue weighted by atomic mass is 16.7. The molecule has 1 aliphatic carbocycles. The molecule has 0 N–H and O–H groups in total. The lowest BCUT2D eigenvalue weighted by Gasteiger charge is -2.11. The van der Waals surface area contributed by atoms with Crippen molar-refractivity contribution in [2.24, 2.45) is 5.92 Å². The first-order valence-electron chi connectivity index (χ1n) is 4.09. The highest BCUT2D eigenvalue weighted by Gasteiger charge is 2.32. The molecule has 1 heterocycles. The van der Waals surface area contributed by atoms with Crippen LogP contribution in [0.3, 0.4) is 0 Å². The summed E-state index contributed by atoms with van der Waals surface area (Å²) in [5.74, 6) is 0.849. The van der Waals surface area contributed by atoms with Crippen molar-refractivity contribution in [1.82, 2.24) is 0 Å². The van der Waals surface area contributed by atoms with Gasteiger partial charge in [0.05, 0.1) is 4.92 Å². The van der Waals surface area contributed by atoms with E-state index in [1.165, 1.54) is 0 Å². The number of ether oxygens (including phenoxy) is 1. The van der Waals surface area contributed by atoms with Crippen molar-refractivity contribution in [2.75, 3.05) is 0 Å². The Morgan fingerprint density at radius 1 is 1.62 bits per heavy atom. The van der Waals surface area contributed by atoms with Gasteiger partial charge in [0, 0.05) is 17.6 Å². The molecule has 0 saturated carbocycles. The molecule has 2 unspecified atom stereocenters. The SMILES string of the molecule is CC1C=CC=C2OC([N+](=O)[O-])C=C21. The molecule has 2 atom stereocenters. The zero-order valence-electron chi connectivity index (χ0n) is 7.14. The Labute approximate surface area is 75.3 Å². The second-order valence-electron chi connectivity index (χ2n) is 3.12. The number of fused-ring (bicyclic) bond motifs is 1. The summed E-state index contributed by atoms with van der Waals surface area (Å²) in [7, 11) is 0. The Kier molecular flexibility index (Phi) is 1.69. The molecule has 2 rings (SSSR count). The Balaban J connectivity index is 2.30. The van der Waals surface area contributed by atoms with Crippen molar-refractivity contribution in [3.05, 3.63) is 45.8 Å². The first-order chi connectivity index (χ1) is 6.18. The van der Waals surface area contributed by atoms with Gasteiger partial charge in [-0.3, -0.25) is 10.1 Å². The molecule has 0 amide bonds. The van der Waals surface area contributed by atoms with Gasteiger partial charge in [0.25, 0.3) is 0 Å². The highest BCUT2D eigenvalue weighted by molar-refractivity contribution is 5.40. The van der Waals surface area contributed by atoms with Crippen molar-refractivity contribution >= 4 is 0 Å². The minimum Gasteiger partial charge on any atom is -0.426 e. The number of allylic oxidation sites excluding steroid dienone is 4. The molecular weight excluding hydrogens is 170 g/mol. The predicted molar refractivity (Wildman–Crippen MR) is 46.3 cm³/mol. The lowest BCUT2D eigenvalue weighted by atomic mass is 9.95. The predicted octanol–water partition coefficient (Wildman–Crippen LogP) is 1.64. The smallest absolute Gasteiger partial charge is 0.374 e. The third kappa shape index (κ3) is 1.24. The molecule has 0 spiro atoms. The maximum Gasteiger partial charge on any atom is 0.374 e. The molecule has 0 aromatic rings. The Hall–Kier alpha value is -1.58. The van der Waals surface area contributed by atoms with E-state index in [-0.39, 0.29) is 5.92 Å². The summed E-state index contributed by atoms with van der Waals surface area (Å²) in [5, 5.41) is 10.4. The van der Waals surface area contributed by atoms with Crippen molar-refractivity contribution in [2.45, 2.75) is 13.2 Å². The highest BCUT2D eigenvalue weighted by Crippen LogP contribution is 2.32. The molecule has 0 radical (unpaired) electrons. The Morgan fingerprint density at radius 3 is 3.00 bits per heavy atom. The van der Waals surface area contributed by atoms with Crippen LogP contribution in [0.25, 0.3) is 0 Å². The standard InChI is InChI=1S/C9H9NO3/c1-6-3-2-4-8-7(6)5-9(13-8)10(11)12/h2-6,9H,1H3. The van der Waals surface area contributed by atoms with Crippen LogP contribution in [0.2, 0.25) is 0 Å². The van der Waals surface area contributed by atoms with Crippen LogP contribution < -0.4 is 0 Å². The zero-order chi connectivity index (χ0) is 9.42. The number of hydrogen-bond acceptors (Lipinski definition) is 3. The van der Waals surface area contributed by atoms with E-state index in [0.717, 1.165) is 5.57 Å². The fourth-order valence-corrected chi connectivity index (χ4v) is 1.50. The van der Waals surface area contributed by atoms with Crippen molar-refractivity contribution < 1.29 is 9.66 Å². The molecule has 4 heteroatoms. The van der Waals surface area contributed by atoms with Gasteiger partial charge in [0.1, 0.15) is 5.76 Å². The molecule has 2 aliphatic rings. The largest absolute Gasteiger partial charge is 0.426 e. The summed E-state index contributed by atoms with van der Waals surface area (Å²) in [5.41, 5.74) is 0.921. The maximum absolute atomic E-state index is 10.4. The molecule has 13 heavy (non-hydrogen) atoms. The lowest BCUT2D eigenvalue weighted by molar-refractivity contribution is -0.553. The molecule has 0 bridgehead atoms. The topological polar surface area (TPSA) is 52.4 Å². The van der Waals surface area contributed by atoms with Gasteiger partial charge in [0.2, 0.25) is 0 Å². The first kappa shape index (κ1) is 8.04. The van der Waals surface area contributed by atoms with Crippen molar-refractivity contribution in [3.8, 4) is 0 Å². The monoisotopic (exact) mass is 179 g/mol. The molecular formula is C9H9NO3. The summed E-state index contributed by atoms with van der Waals surface area (Å²) in [6, 6.07) is 0. The van der Waals surface area contributed by atoms with Crippen molar-refractivity contribution in [3.63, 3.8) is 0 Å². The molecule has 0 aromatic heterocycles. The Morgan fingerprint density at radius 2 is 2.38 bits per heavy atom. The summed E-state index contributed by atoms with van der Waals surface area (Å²) >= 11 is 0. The van der Waals surface area contributed by atoms with Gasteiger partial charge in [-0.2, -0.15) is 0 Å². The zero-order valence-corrected chi connectivity index (χ0v) is 7.14. The van der Waals surface area contributed by atoms with Gasteiger partial charge < -0.3 is 4.74 Å². The second-order valence-corrected chi connectivity index (χ2v) is 3.12. The summed E-state index contributed by atoms with van der Waals surface area (Å²) in [6.07, 6.45) is 6.18. The van der Waals surface area contributed by atoms with Crippen LogP contribution in [0.5, 0.6) is 0 Å². The number of nitro groups is 1. The van der Waals surface area contributed by atoms with Crippen molar-refractivity contribution in [1.29, 1.82) is 0 Å². The van der Waals surface area contributed by atoms with Crippen LogP contribution in [-0.4, -0.2) is 11.2 Å². The quantitative estimate of drug-likeness (QED) is 0.454. The van der Waals surface area contributed by atoms with Crippen LogP contribution in [-0.2, 0) is 4.74 Å². The van der Waals surface area contributed by atoms with E-state index in [4.69, 9.17) is 4.74 Å². The molecule has 0 fully saturated rings. The normalized spacial score (nSPS) is 30.2. The second kappa shape index (κ2) is 2.73. The van der Waals surface area contributed by atoms with E-state index in [1.807, 2.05) is 19.1 Å².